The second-order valence-corrected chi connectivity index (χ2v) is 4.11. The molecule has 1 saturated heterocycles. The van der Waals surface area contributed by atoms with Gasteiger partial charge in [0.1, 0.15) is 5.75 Å². The van der Waals surface area contributed by atoms with Gasteiger partial charge in [0.15, 0.2) is 0 Å². The fourth-order valence-electron chi connectivity index (χ4n) is 1.79. The SMILES string of the molecule is CCOc1ccc(C2COCCN2)cc1Cl. The largest absolute Gasteiger partial charge is 0.492 e. The van der Waals surface area contributed by atoms with Crippen LogP contribution in [-0.4, -0.2) is 26.4 Å². The lowest BCUT2D eigenvalue weighted by Crippen LogP contribution is -2.34. The van der Waals surface area contributed by atoms with Crippen molar-refractivity contribution in [2.45, 2.75) is 13.0 Å². The standard InChI is InChI=1S/C12H16ClNO2/c1-2-16-12-4-3-9(7-10(12)13)11-8-15-6-5-14-11/h3-4,7,11,14H,2,5-6,8H2,1H3. The Morgan fingerprint density at radius 3 is 3.06 bits per heavy atom. The molecule has 1 aromatic rings. The normalized spacial score (nSPS) is 20.8. The second kappa shape index (κ2) is 5.53. The van der Waals surface area contributed by atoms with Gasteiger partial charge in [0, 0.05) is 6.54 Å². The first-order valence-corrected chi connectivity index (χ1v) is 5.92. The van der Waals surface area contributed by atoms with Crippen molar-refractivity contribution < 1.29 is 9.47 Å². The van der Waals surface area contributed by atoms with Crippen molar-refractivity contribution in [1.82, 2.24) is 5.32 Å². The van der Waals surface area contributed by atoms with E-state index in [9.17, 15) is 0 Å². The monoisotopic (exact) mass is 241 g/mol. The van der Waals surface area contributed by atoms with Gasteiger partial charge in [-0.2, -0.15) is 0 Å². The van der Waals surface area contributed by atoms with Crippen molar-refractivity contribution >= 4 is 11.6 Å². The lowest BCUT2D eigenvalue weighted by Gasteiger charge is -2.24. The molecule has 0 aliphatic carbocycles. The lowest BCUT2D eigenvalue weighted by molar-refractivity contribution is 0.0768. The van der Waals surface area contributed by atoms with Crippen LogP contribution in [0.25, 0.3) is 0 Å². The summed E-state index contributed by atoms with van der Waals surface area (Å²) in [6.07, 6.45) is 0. The molecule has 1 aromatic carbocycles. The summed E-state index contributed by atoms with van der Waals surface area (Å²) in [5.41, 5.74) is 1.15. The van der Waals surface area contributed by atoms with Gasteiger partial charge in [0.2, 0.25) is 0 Å². The van der Waals surface area contributed by atoms with Gasteiger partial charge in [-0.1, -0.05) is 17.7 Å². The average molecular weight is 242 g/mol. The second-order valence-electron chi connectivity index (χ2n) is 3.70. The van der Waals surface area contributed by atoms with Crippen LogP contribution in [0.3, 0.4) is 0 Å². The van der Waals surface area contributed by atoms with Crippen LogP contribution in [0, 0.1) is 0 Å². The molecule has 0 aromatic heterocycles. The molecule has 88 valence electrons. The van der Waals surface area contributed by atoms with Crippen molar-refractivity contribution in [2.75, 3.05) is 26.4 Å². The number of halogens is 1. The molecule has 3 nitrogen and oxygen atoms in total. The molecule has 1 heterocycles. The average Bonchev–Trinajstić information content (AvgIpc) is 2.33. The Morgan fingerprint density at radius 2 is 2.44 bits per heavy atom. The molecule has 1 aliphatic rings. The number of morpholine rings is 1. The van der Waals surface area contributed by atoms with Gasteiger partial charge in [-0.25, -0.2) is 0 Å². The predicted molar refractivity (Wildman–Crippen MR) is 64.2 cm³/mol. The molecule has 0 amide bonds. The number of rotatable bonds is 3. The van der Waals surface area contributed by atoms with Gasteiger partial charge in [0.05, 0.1) is 30.9 Å². The summed E-state index contributed by atoms with van der Waals surface area (Å²) in [5.74, 6) is 0.740. The van der Waals surface area contributed by atoms with Crippen LogP contribution in [0.2, 0.25) is 5.02 Å². The zero-order valence-corrected chi connectivity index (χ0v) is 10.1. The Hall–Kier alpha value is -0.770. The number of hydrogen-bond acceptors (Lipinski definition) is 3. The molecule has 16 heavy (non-hydrogen) atoms. The Kier molecular flexibility index (Phi) is 4.04. The summed E-state index contributed by atoms with van der Waals surface area (Å²) in [6.45, 7) is 4.94. The van der Waals surface area contributed by atoms with Gasteiger partial charge >= 0.3 is 0 Å². The summed E-state index contributed by atoms with van der Waals surface area (Å²) in [7, 11) is 0. The van der Waals surface area contributed by atoms with Gasteiger partial charge in [-0.3, -0.25) is 0 Å². The molecule has 0 spiro atoms. The summed E-state index contributed by atoms with van der Waals surface area (Å²) >= 11 is 6.13. The molecular formula is C12H16ClNO2. The molecule has 0 radical (unpaired) electrons. The highest BCUT2D eigenvalue weighted by atomic mass is 35.5. The topological polar surface area (TPSA) is 30.5 Å². The van der Waals surface area contributed by atoms with Crippen LogP contribution in [0.4, 0.5) is 0 Å². The van der Waals surface area contributed by atoms with Gasteiger partial charge in [0.25, 0.3) is 0 Å². The van der Waals surface area contributed by atoms with E-state index in [2.05, 4.69) is 5.32 Å². The van der Waals surface area contributed by atoms with Crippen molar-refractivity contribution in [3.05, 3.63) is 28.8 Å². The van der Waals surface area contributed by atoms with Crippen molar-refractivity contribution in [2.24, 2.45) is 0 Å². The quantitative estimate of drug-likeness (QED) is 0.882. The Bertz CT molecular complexity index is 351. The van der Waals surface area contributed by atoms with E-state index in [1.54, 1.807) is 0 Å². The maximum atomic E-state index is 6.13. The molecule has 0 bridgehead atoms. The highest BCUT2D eigenvalue weighted by Crippen LogP contribution is 2.28. The van der Waals surface area contributed by atoms with Gasteiger partial charge < -0.3 is 14.8 Å². The van der Waals surface area contributed by atoms with Crippen LogP contribution in [0.15, 0.2) is 18.2 Å². The molecule has 1 fully saturated rings. The fraction of sp³-hybridized carbons (Fsp3) is 0.500. The first-order valence-electron chi connectivity index (χ1n) is 5.54. The first kappa shape index (κ1) is 11.7. The molecule has 4 heteroatoms. The van der Waals surface area contributed by atoms with E-state index in [0.717, 1.165) is 24.5 Å². The van der Waals surface area contributed by atoms with Crippen LogP contribution < -0.4 is 10.1 Å². The van der Waals surface area contributed by atoms with E-state index >= 15 is 0 Å². The molecule has 2 rings (SSSR count). The molecule has 1 atom stereocenters. The van der Waals surface area contributed by atoms with E-state index < -0.39 is 0 Å². The van der Waals surface area contributed by atoms with E-state index in [4.69, 9.17) is 21.1 Å². The van der Waals surface area contributed by atoms with E-state index in [1.165, 1.54) is 0 Å². The number of benzene rings is 1. The fourth-order valence-corrected chi connectivity index (χ4v) is 2.03. The first-order chi connectivity index (χ1) is 7.81. The molecule has 1 unspecified atom stereocenters. The molecule has 1 N–H and O–H groups in total. The molecule has 0 saturated carbocycles. The summed E-state index contributed by atoms with van der Waals surface area (Å²) in [6, 6.07) is 6.13. The van der Waals surface area contributed by atoms with E-state index in [1.807, 2.05) is 25.1 Å². The van der Waals surface area contributed by atoms with Crippen molar-refractivity contribution in [3.63, 3.8) is 0 Å². The van der Waals surface area contributed by atoms with Gasteiger partial charge in [-0.05, 0) is 24.6 Å². The van der Waals surface area contributed by atoms with E-state index in [-0.39, 0.29) is 6.04 Å². The zero-order valence-electron chi connectivity index (χ0n) is 9.33. The summed E-state index contributed by atoms with van der Waals surface area (Å²) in [4.78, 5) is 0. The maximum absolute atomic E-state index is 6.13. The number of ether oxygens (including phenoxy) is 2. The third kappa shape index (κ3) is 2.67. The van der Waals surface area contributed by atoms with Crippen LogP contribution in [0.5, 0.6) is 5.75 Å². The van der Waals surface area contributed by atoms with Crippen LogP contribution in [0.1, 0.15) is 18.5 Å². The minimum atomic E-state index is 0.238. The Morgan fingerprint density at radius 1 is 1.56 bits per heavy atom. The minimum absolute atomic E-state index is 0.238. The van der Waals surface area contributed by atoms with E-state index in [0.29, 0.717) is 18.2 Å². The van der Waals surface area contributed by atoms with Crippen LogP contribution >= 0.6 is 11.6 Å². The molecule has 1 aliphatic heterocycles. The zero-order chi connectivity index (χ0) is 11.4. The third-order valence-electron chi connectivity index (χ3n) is 2.58. The number of hydrogen-bond donors (Lipinski definition) is 1. The maximum Gasteiger partial charge on any atom is 0.137 e. The highest BCUT2D eigenvalue weighted by molar-refractivity contribution is 6.32. The lowest BCUT2D eigenvalue weighted by atomic mass is 10.1. The summed E-state index contributed by atoms with van der Waals surface area (Å²) < 4.78 is 10.8. The predicted octanol–water partition coefficient (Wildman–Crippen LogP) is 2.40. The minimum Gasteiger partial charge on any atom is -0.492 e. The van der Waals surface area contributed by atoms with Crippen LogP contribution in [-0.2, 0) is 4.74 Å². The van der Waals surface area contributed by atoms with Crippen molar-refractivity contribution in [1.29, 1.82) is 0 Å². The molecular weight excluding hydrogens is 226 g/mol. The summed E-state index contributed by atoms with van der Waals surface area (Å²) in [5, 5.41) is 4.05. The van der Waals surface area contributed by atoms with Crippen molar-refractivity contribution in [3.8, 4) is 5.75 Å². The Labute approximate surface area is 101 Å². The Balaban J connectivity index is 2.13. The smallest absolute Gasteiger partial charge is 0.137 e. The van der Waals surface area contributed by atoms with Gasteiger partial charge in [-0.15, -0.1) is 0 Å². The third-order valence-corrected chi connectivity index (χ3v) is 2.88. The highest BCUT2D eigenvalue weighted by Gasteiger charge is 2.16. The number of nitrogens with one attached hydrogen (secondary N) is 1.